The van der Waals surface area contributed by atoms with Crippen LogP contribution >= 0.6 is 0 Å². The number of ether oxygens (including phenoxy) is 4. The molecular formula is C52H60N8O8. The lowest BCUT2D eigenvalue weighted by molar-refractivity contribution is -0.138. The Morgan fingerprint density at radius 3 is 1.79 bits per heavy atom. The number of methoxy groups -OCH3 is 2. The van der Waals surface area contributed by atoms with Gasteiger partial charge in [-0.05, 0) is 130 Å². The number of aromatic nitrogens is 4. The summed E-state index contributed by atoms with van der Waals surface area (Å²) in [5.74, 6) is 8.35. The van der Waals surface area contributed by atoms with Gasteiger partial charge in [-0.25, -0.2) is 19.6 Å². The van der Waals surface area contributed by atoms with Crippen LogP contribution in [0.25, 0.3) is 32.8 Å². The Hall–Kier alpha value is -6.18. The average Bonchev–Trinajstić information content (AvgIpc) is 3.93. The maximum absolute atomic E-state index is 14.5. The molecule has 16 heteroatoms. The molecule has 2 saturated carbocycles. The van der Waals surface area contributed by atoms with E-state index in [1.165, 1.54) is 14.2 Å². The lowest BCUT2D eigenvalue weighted by Crippen LogP contribution is -2.54. The van der Waals surface area contributed by atoms with Crippen LogP contribution in [-0.4, -0.2) is 118 Å². The smallest absolute Gasteiger partial charge is 0.407 e. The van der Waals surface area contributed by atoms with Gasteiger partial charge in [0.2, 0.25) is 11.8 Å². The zero-order chi connectivity index (χ0) is 46.9. The van der Waals surface area contributed by atoms with Gasteiger partial charge in [0.1, 0.15) is 23.7 Å². The third kappa shape index (κ3) is 8.52. The predicted octanol–water partition coefficient (Wildman–Crippen LogP) is 7.18. The van der Waals surface area contributed by atoms with Gasteiger partial charge in [-0.15, -0.1) is 0 Å². The molecule has 16 nitrogen and oxygen atoms in total. The monoisotopic (exact) mass is 924 g/mol. The van der Waals surface area contributed by atoms with Gasteiger partial charge in [-0.3, -0.25) is 9.59 Å². The molecule has 4 saturated heterocycles. The molecule has 6 heterocycles. The van der Waals surface area contributed by atoms with Gasteiger partial charge in [0.15, 0.2) is 0 Å². The first kappa shape index (κ1) is 44.3. The maximum Gasteiger partial charge on any atom is 0.407 e. The second kappa shape index (κ2) is 17.4. The van der Waals surface area contributed by atoms with E-state index in [1.54, 1.807) is 0 Å². The fourth-order valence-corrected chi connectivity index (χ4v) is 11.7. The zero-order valence-corrected chi connectivity index (χ0v) is 39.2. The Labute approximate surface area is 394 Å². The summed E-state index contributed by atoms with van der Waals surface area (Å²) in [5.41, 5.74) is 4.69. The first-order chi connectivity index (χ1) is 32.9. The molecule has 2 aromatic heterocycles. The number of hydrogen-bond acceptors (Lipinski definition) is 10. The Bertz CT molecular complexity index is 2870. The van der Waals surface area contributed by atoms with Crippen LogP contribution < -0.4 is 10.6 Å². The van der Waals surface area contributed by atoms with Gasteiger partial charge in [0.25, 0.3) is 0 Å². The van der Waals surface area contributed by atoms with Crippen molar-refractivity contribution in [3.8, 4) is 11.8 Å². The number of benzene rings is 3. The topological polar surface area (TPSA) is 193 Å². The molecule has 356 valence electrons. The first-order valence-electron chi connectivity index (χ1n) is 24.4. The molecule has 6 fully saturated rings. The van der Waals surface area contributed by atoms with E-state index in [-0.39, 0.29) is 58.8 Å². The molecule has 3 aromatic carbocycles. The zero-order valence-electron chi connectivity index (χ0n) is 39.2. The highest BCUT2D eigenvalue weighted by Gasteiger charge is 2.53. The highest BCUT2D eigenvalue weighted by Crippen LogP contribution is 2.50. The highest BCUT2D eigenvalue weighted by molar-refractivity contribution is 6.04. The molecule has 8 atom stereocenters. The number of amides is 4. The number of carbonyl (C=O) groups is 4. The van der Waals surface area contributed by atoms with Crippen LogP contribution in [0.1, 0.15) is 113 Å². The summed E-state index contributed by atoms with van der Waals surface area (Å²) in [6.45, 7) is 6.58. The number of carbonyl (C=O) groups excluding carboxylic acids is 4. The number of H-pyrrole nitrogens is 2. The molecule has 4 N–H and O–H groups in total. The van der Waals surface area contributed by atoms with Gasteiger partial charge < -0.3 is 49.3 Å². The van der Waals surface area contributed by atoms with E-state index >= 15 is 0 Å². The lowest BCUT2D eigenvalue weighted by Gasteiger charge is -2.37. The second-order valence-corrected chi connectivity index (χ2v) is 20.6. The summed E-state index contributed by atoms with van der Waals surface area (Å²) in [6.07, 6.45) is 7.12. The second-order valence-electron chi connectivity index (χ2n) is 20.6. The van der Waals surface area contributed by atoms with Crippen molar-refractivity contribution in [1.29, 1.82) is 0 Å². The van der Waals surface area contributed by atoms with Gasteiger partial charge in [0.05, 0.1) is 59.6 Å². The normalized spacial score (nSPS) is 26.6. The van der Waals surface area contributed by atoms with E-state index in [2.05, 4.69) is 64.5 Å². The molecule has 4 amide bonds. The number of rotatable bonds is 8. The van der Waals surface area contributed by atoms with Crippen LogP contribution in [0.3, 0.4) is 0 Å². The SMILES string of the molecule is COC(=O)NC(C(=O)N1C[C@@H](C)C[C@H]1c1nc2cc(C#Cc3ccc4c(ccc5nc([C@@H]6C[C@H](C)CN6C(=O)C(NC(=O)OC)C6CCOC7(CC7)C6)[nH]c54)c3)ccc2[nH]1)C1CCOC2(CC2)C1. The van der Waals surface area contributed by atoms with E-state index < -0.39 is 24.3 Å². The van der Waals surface area contributed by atoms with Gasteiger partial charge in [-0.2, -0.15) is 0 Å². The van der Waals surface area contributed by atoms with Crippen molar-refractivity contribution >= 4 is 56.8 Å². The summed E-state index contributed by atoms with van der Waals surface area (Å²) in [7, 11) is 2.65. The standard InChI is InChI=1S/C52H60N8O8/c1-29-21-40(59(27-29)47(61)42(57-49(63)65-3)34-13-19-67-51(25-34)15-16-51)45-53-37-11-8-32(24-39(37)55-45)6-5-31-7-10-36-33(23-31)9-12-38-44(36)56-46(54-38)41-22-30(2)28-60(41)48(62)43(58-50(64)66-4)35-14-20-68-52(26-35)17-18-52/h7-12,23-24,29-30,34-35,40-43H,13-22,25-28H2,1-4H3,(H,53,55)(H,54,56)(H,57,63)(H,58,64)/t29-,30-,34?,35?,40-,41-,42?,43?/m0/s1. The molecule has 2 spiro atoms. The Morgan fingerprint density at radius 2 is 1.24 bits per heavy atom. The van der Waals surface area contributed by atoms with Crippen molar-refractivity contribution in [2.75, 3.05) is 40.5 Å². The van der Waals surface area contributed by atoms with E-state index in [0.29, 0.717) is 39.1 Å². The van der Waals surface area contributed by atoms with Crippen LogP contribution in [0.2, 0.25) is 0 Å². The largest absolute Gasteiger partial charge is 0.453 e. The highest BCUT2D eigenvalue weighted by atomic mass is 16.5. The van der Waals surface area contributed by atoms with Crippen LogP contribution in [0.5, 0.6) is 0 Å². The third-order valence-electron chi connectivity index (χ3n) is 15.6. The molecule has 0 bridgehead atoms. The number of alkyl carbamates (subject to hydrolysis) is 2. The van der Waals surface area contributed by atoms with Crippen LogP contribution in [0.15, 0.2) is 48.5 Å². The fraction of sp³-hybridized carbons (Fsp3) is 0.538. The molecule has 68 heavy (non-hydrogen) atoms. The summed E-state index contributed by atoms with van der Waals surface area (Å²) in [4.78, 5) is 75.0. The van der Waals surface area contributed by atoms with Crippen LogP contribution in [0.4, 0.5) is 9.59 Å². The third-order valence-corrected chi connectivity index (χ3v) is 15.6. The summed E-state index contributed by atoms with van der Waals surface area (Å²) >= 11 is 0. The molecular weight excluding hydrogens is 865 g/mol. The lowest BCUT2D eigenvalue weighted by atomic mass is 9.86. The van der Waals surface area contributed by atoms with Gasteiger partial charge >= 0.3 is 12.2 Å². The molecule has 11 rings (SSSR count). The van der Waals surface area contributed by atoms with Gasteiger partial charge in [-0.1, -0.05) is 37.8 Å². The minimum atomic E-state index is -0.710. The van der Waals surface area contributed by atoms with E-state index in [9.17, 15) is 19.2 Å². The summed E-state index contributed by atoms with van der Waals surface area (Å²) in [5, 5.41) is 7.82. The Morgan fingerprint density at radius 1 is 0.706 bits per heavy atom. The number of hydrogen-bond donors (Lipinski definition) is 4. The number of fused-ring (bicyclic) bond motifs is 4. The summed E-state index contributed by atoms with van der Waals surface area (Å²) in [6, 6.07) is 14.2. The van der Waals surface area contributed by atoms with Crippen molar-refractivity contribution in [1.82, 2.24) is 40.4 Å². The molecule has 4 unspecified atom stereocenters. The van der Waals surface area contributed by atoms with Gasteiger partial charge in [0, 0.05) is 42.8 Å². The molecule has 5 aromatic rings. The first-order valence-corrected chi connectivity index (χ1v) is 24.4. The van der Waals surface area contributed by atoms with Crippen molar-refractivity contribution in [3.05, 3.63) is 71.3 Å². The molecule has 2 aliphatic carbocycles. The number of imidazole rings is 2. The van der Waals surface area contributed by atoms with Crippen LogP contribution in [-0.2, 0) is 28.5 Å². The fourth-order valence-electron chi connectivity index (χ4n) is 11.7. The Kier molecular flexibility index (Phi) is 11.3. The van der Waals surface area contributed by atoms with E-state index in [1.807, 2.05) is 40.1 Å². The van der Waals surface area contributed by atoms with E-state index in [4.69, 9.17) is 28.9 Å². The maximum atomic E-state index is 14.5. The minimum Gasteiger partial charge on any atom is -0.453 e. The van der Waals surface area contributed by atoms with Crippen molar-refractivity contribution in [3.63, 3.8) is 0 Å². The summed E-state index contributed by atoms with van der Waals surface area (Å²) < 4.78 is 22.1. The van der Waals surface area contributed by atoms with Crippen molar-refractivity contribution < 1.29 is 38.1 Å². The molecule has 4 aliphatic heterocycles. The Balaban J connectivity index is 0.808. The van der Waals surface area contributed by atoms with E-state index in [0.717, 1.165) is 107 Å². The number of likely N-dealkylation sites (tertiary alicyclic amines) is 2. The van der Waals surface area contributed by atoms with Crippen LogP contribution in [0, 0.1) is 35.5 Å². The number of nitrogens with zero attached hydrogens (tertiary/aromatic N) is 4. The number of aromatic amines is 2. The minimum absolute atomic E-state index is 0.0421. The molecule has 0 radical (unpaired) electrons. The quantitative estimate of drug-likeness (QED) is 0.116. The van der Waals surface area contributed by atoms with Crippen molar-refractivity contribution in [2.45, 2.75) is 113 Å². The average molecular weight is 925 g/mol. The molecule has 6 aliphatic rings. The van der Waals surface area contributed by atoms with Crippen molar-refractivity contribution in [2.24, 2.45) is 23.7 Å². The predicted molar refractivity (Wildman–Crippen MR) is 252 cm³/mol. The number of nitrogens with one attached hydrogen (secondary N) is 4.